The molecule has 0 saturated carbocycles. The van der Waals surface area contributed by atoms with Crippen molar-refractivity contribution in [3.63, 3.8) is 0 Å². The average Bonchev–Trinajstić information content (AvgIpc) is 2.35. The Kier molecular flexibility index (Phi) is 4.19. The molecule has 0 aliphatic carbocycles. The summed E-state index contributed by atoms with van der Waals surface area (Å²) in [5, 5.41) is 1.50. The lowest BCUT2D eigenvalue weighted by Gasteiger charge is -2.08. The molecule has 0 unspecified atom stereocenters. The van der Waals surface area contributed by atoms with Gasteiger partial charge in [0, 0.05) is 9.92 Å². The summed E-state index contributed by atoms with van der Waals surface area (Å²) in [6.45, 7) is 0. The molecule has 0 fully saturated rings. The van der Waals surface area contributed by atoms with Crippen molar-refractivity contribution in [1.29, 1.82) is 0 Å². The third-order valence-corrected chi connectivity index (χ3v) is 3.99. The number of rotatable bonds is 3. The molecule has 0 spiro atoms. The molecule has 1 amide bonds. The summed E-state index contributed by atoms with van der Waals surface area (Å²) in [7, 11) is 0. The Balaban J connectivity index is 2.43. The SMILES string of the molecule is NC(=O)c1cc(N)cnc1Sc1cc(Cl)ccc1Cl. The van der Waals surface area contributed by atoms with Gasteiger partial charge in [-0.3, -0.25) is 4.79 Å². The van der Waals surface area contributed by atoms with E-state index in [1.165, 1.54) is 24.0 Å². The lowest BCUT2D eigenvalue weighted by Crippen LogP contribution is -2.13. The highest BCUT2D eigenvalue weighted by Gasteiger charge is 2.13. The second-order valence-electron chi connectivity index (χ2n) is 3.66. The van der Waals surface area contributed by atoms with Crippen molar-refractivity contribution in [2.75, 3.05) is 5.73 Å². The van der Waals surface area contributed by atoms with Crippen LogP contribution in [0.25, 0.3) is 0 Å². The first-order valence-corrected chi connectivity index (χ1v) is 6.73. The van der Waals surface area contributed by atoms with Crippen LogP contribution in [0.3, 0.4) is 0 Å². The maximum Gasteiger partial charge on any atom is 0.251 e. The van der Waals surface area contributed by atoms with Crippen molar-refractivity contribution >= 4 is 46.6 Å². The summed E-state index contributed by atoms with van der Waals surface area (Å²) in [5.74, 6) is -0.597. The molecule has 0 bridgehead atoms. The van der Waals surface area contributed by atoms with Crippen molar-refractivity contribution < 1.29 is 4.79 Å². The highest BCUT2D eigenvalue weighted by molar-refractivity contribution is 7.99. The van der Waals surface area contributed by atoms with Gasteiger partial charge in [0.05, 0.1) is 22.5 Å². The Bertz CT molecular complexity index is 649. The van der Waals surface area contributed by atoms with E-state index >= 15 is 0 Å². The number of benzene rings is 1. The molecular formula is C12H9Cl2N3OS. The molecule has 2 rings (SSSR count). The number of pyridine rings is 1. The van der Waals surface area contributed by atoms with Gasteiger partial charge in [-0.15, -0.1) is 0 Å². The molecule has 19 heavy (non-hydrogen) atoms. The fourth-order valence-electron chi connectivity index (χ4n) is 1.39. The van der Waals surface area contributed by atoms with Crippen molar-refractivity contribution in [3.8, 4) is 0 Å². The maximum atomic E-state index is 11.4. The van der Waals surface area contributed by atoms with Gasteiger partial charge in [0.1, 0.15) is 5.03 Å². The van der Waals surface area contributed by atoms with Crippen molar-refractivity contribution in [2.45, 2.75) is 9.92 Å². The predicted molar refractivity (Wildman–Crippen MR) is 77.8 cm³/mol. The third kappa shape index (κ3) is 3.32. The Morgan fingerprint density at radius 3 is 2.68 bits per heavy atom. The van der Waals surface area contributed by atoms with Crippen LogP contribution in [0.1, 0.15) is 10.4 Å². The smallest absolute Gasteiger partial charge is 0.251 e. The topological polar surface area (TPSA) is 82.0 Å². The van der Waals surface area contributed by atoms with Crippen LogP contribution < -0.4 is 11.5 Å². The fourth-order valence-corrected chi connectivity index (χ4v) is 2.79. The number of hydrogen-bond acceptors (Lipinski definition) is 4. The molecule has 1 aromatic heterocycles. The standard InChI is InChI=1S/C12H9Cl2N3OS/c13-6-1-2-9(14)10(3-6)19-12-8(11(16)18)4-7(15)5-17-12/h1-5H,15H2,(H2,16,18). The normalized spacial score (nSPS) is 10.4. The van der Waals surface area contributed by atoms with Crippen LogP contribution in [0.15, 0.2) is 40.4 Å². The molecular weight excluding hydrogens is 305 g/mol. The van der Waals surface area contributed by atoms with E-state index in [-0.39, 0.29) is 5.56 Å². The number of nitrogen functional groups attached to an aromatic ring is 1. The summed E-state index contributed by atoms with van der Waals surface area (Å²) in [5.41, 5.74) is 11.5. The lowest BCUT2D eigenvalue weighted by molar-refractivity contribution is 0.0997. The number of aromatic nitrogens is 1. The van der Waals surface area contributed by atoms with E-state index in [0.29, 0.717) is 25.7 Å². The number of carbonyl (C=O) groups excluding carboxylic acids is 1. The number of carbonyl (C=O) groups is 1. The van der Waals surface area contributed by atoms with Crippen LogP contribution >= 0.6 is 35.0 Å². The Labute approximate surface area is 124 Å². The van der Waals surface area contributed by atoms with Gasteiger partial charge in [0.2, 0.25) is 0 Å². The van der Waals surface area contributed by atoms with Crippen LogP contribution in [0.4, 0.5) is 5.69 Å². The quantitative estimate of drug-likeness (QED) is 0.911. The fraction of sp³-hybridized carbons (Fsp3) is 0. The highest BCUT2D eigenvalue weighted by Crippen LogP contribution is 2.35. The number of anilines is 1. The largest absolute Gasteiger partial charge is 0.397 e. The van der Waals surface area contributed by atoms with Gasteiger partial charge < -0.3 is 11.5 Å². The maximum absolute atomic E-state index is 11.4. The Morgan fingerprint density at radius 1 is 1.26 bits per heavy atom. The van der Waals surface area contributed by atoms with E-state index in [2.05, 4.69) is 4.98 Å². The molecule has 0 radical (unpaired) electrons. The molecule has 4 N–H and O–H groups in total. The first-order valence-electron chi connectivity index (χ1n) is 5.15. The molecule has 0 aliphatic heterocycles. The zero-order valence-corrected chi connectivity index (χ0v) is 11.9. The Morgan fingerprint density at radius 2 is 2.00 bits per heavy atom. The van der Waals surface area contributed by atoms with Crippen molar-refractivity contribution in [3.05, 3.63) is 46.1 Å². The average molecular weight is 314 g/mol. The second-order valence-corrected chi connectivity index (χ2v) is 5.54. The summed E-state index contributed by atoms with van der Waals surface area (Å²) in [6.07, 6.45) is 1.45. The molecule has 0 saturated heterocycles. The van der Waals surface area contributed by atoms with Crippen molar-refractivity contribution in [1.82, 2.24) is 4.98 Å². The summed E-state index contributed by atoms with van der Waals surface area (Å²) < 4.78 is 0. The van der Waals surface area contributed by atoms with Crippen LogP contribution in [0.2, 0.25) is 10.0 Å². The summed E-state index contributed by atoms with van der Waals surface area (Å²) >= 11 is 13.2. The minimum atomic E-state index is -0.597. The molecule has 2 aromatic rings. The minimum absolute atomic E-state index is 0.251. The number of nitrogens with two attached hydrogens (primary N) is 2. The van der Waals surface area contributed by atoms with E-state index in [1.807, 2.05) is 0 Å². The third-order valence-electron chi connectivity index (χ3n) is 2.24. The second kappa shape index (κ2) is 5.69. The monoisotopic (exact) mass is 313 g/mol. The van der Waals surface area contributed by atoms with Gasteiger partial charge >= 0.3 is 0 Å². The lowest BCUT2D eigenvalue weighted by atomic mass is 10.2. The van der Waals surface area contributed by atoms with Crippen molar-refractivity contribution in [2.24, 2.45) is 5.73 Å². The van der Waals surface area contributed by atoms with E-state index in [9.17, 15) is 4.79 Å². The van der Waals surface area contributed by atoms with E-state index in [0.717, 1.165) is 0 Å². The van der Waals surface area contributed by atoms with E-state index in [1.54, 1.807) is 18.2 Å². The van der Waals surface area contributed by atoms with Gasteiger partial charge in [0.15, 0.2) is 0 Å². The zero-order chi connectivity index (χ0) is 14.0. The summed E-state index contributed by atoms with van der Waals surface area (Å²) in [4.78, 5) is 16.2. The molecule has 0 atom stereocenters. The molecule has 4 nitrogen and oxygen atoms in total. The van der Waals surface area contributed by atoms with Gasteiger partial charge in [-0.25, -0.2) is 4.98 Å². The van der Waals surface area contributed by atoms with Crippen LogP contribution in [0.5, 0.6) is 0 Å². The number of amides is 1. The number of halogens is 2. The summed E-state index contributed by atoms with van der Waals surface area (Å²) in [6, 6.07) is 6.53. The molecule has 0 aliphatic rings. The molecule has 1 heterocycles. The van der Waals surface area contributed by atoms with Crippen LogP contribution in [-0.4, -0.2) is 10.9 Å². The number of hydrogen-bond donors (Lipinski definition) is 2. The minimum Gasteiger partial charge on any atom is -0.397 e. The van der Waals surface area contributed by atoms with Crippen LogP contribution in [-0.2, 0) is 0 Å². The predicted octanol–water partition coefficient (Wildman–Crippen LogP) is 3.22. The van der Waals surface area contributed by atoms with E-state index in [4.69, 9.17) is 34.7 Å². The van der Waals surface area contributed by atoms with Gasteiger partial charge in [-0.05, 0) is 24.3 Å². The molecule has 1 aromatic carbocycles. The number of primary amides is 1. The van der Waals surface area contributed by atoms with Gasteiger partial charge in [-0.2, -0.15) is 0 Å². The molecule has 98 valence electrons. The van der Waals surface area contributed by atoms with Crippen LogP contribution in [0, 0.1) is 0 Å². The first kappa shape index (κ1) is 14.0. The van der Waals surface area contributed by atoms with E-state index < -0.39 is 5.91 Å². The first-order chi connectivity index (χ1) is 8.97. The zero-order valence-electron chi connectivity index (χ0n) is 9.56. The van der Waals surface area contributed by atoms with Gasteiger partial charge in [-0.1, -0.05) is 35.0 Å². The highest BCUT2D eigenvalue weighted by atomic mass is 35.5. The molecule has 7 heteroatoms. The Hall–Kier alpha value is -1.43. The van der Waals surface area contributed by atoms with Gasteiger partial charge in [0.25, 0.3) is 5.91 Å². The number of nitrogens with zero attached hydrogens (tertiary/aromatic N) is 1.